The number of ketones is 1. The summed E-state index contributed by atoms with van der Waals surface area (Å²) in [5.74, 6) is 4.15. The second kappa shape index (κ2) is 7.79. The molecule has 4 fully saturated rings. The van der Waals surface area contributed by atoms with Crippen LogP contribution in [0.4, 0.5) is 0 Å². The number of fused-ring (bicyclic) bond motifs is 5. The van der Waals surface area contributed by atoms with Crippen LogP contribution in [-0.4, -0.2) is 36.7 Å². The lowest BCUT2D eigenvalue weighted by Crippen LogP contribution is -2.51. The normalized spacial score (nSPS) is 45.4. The van der Waals surface area contributed by atoms with Crippen LogP contribution in [0.5, 0.6) is 0 Å². The van der Waals surface area contributed by atoms with E-state index in [0.29, 0.717) is 29.1 Å². The molecule has 0 saturated heterocycles. The van der Waals surface area contributed by atoms with Crippen LogP contribution in [0, 0.1) is 40.9 Å². The highest BCUT2D eigenvalue weighted by atomic mass is 32.2. The van der Waals surface area contributed by atoms with E-state index >= 15 is 0 Å². The van der Waals surface area contributed by atoms with Crippen LogP contribution in [0.25, 0.3) is 0 Å². The van der Waals surface area contributed by atoms with Gasteiger partial charge in [-0.15, -0.1) is 0 Å². The Labute approximate surface area is 188 Å². The molecule has 0 radical (unpaired) electrons. The maximum Gasteiger partial charge on any atom is 0.157 e. The topological polar surface area (TPSA) is 72.2 Å². The van der Waals surface area contributed by atoms with Crippen LogP contribution in [0.15, 0.2) is 17.3 Å². The third-order valence-electron chi connectivity index (χ3n) is 9.88. The molecule has 1 aromatic rings. The molecule has 1 N–H and O–H groups in total. The van der Waals surface area contributed by atoms with Gasteiger partial charge in [0.05, 0.1) is 34.0 Å². The molecule has 5 nitrogen and oxygen atoms in total. The van der Waals surface area contributed by atoms with Gasteiger partial charge in [-0.25, -0.2) is 0 Å². The molecule has 5 rings (SSSR count). The van der Waals surface area contributed by atoms with Crippen molar-refractivity contribution >= 4 is 16.6 Å². The fourth-order valence-corrected chi connectivity index (χ4v) is 8.93. The molecule has 4 saturated carbocycles. The highest BCUT2D eigenvalue weighted by Crippen LogP contribution is 2.64. The van der Waals surface area contributed by atoms with Gasteiger partial charge >= 0.3 is 0 Å². The predicted octanol–water partition coefficient (Wildman–Crippen LogP) is 4.21. The first-order valence-electron chi connectivity index (χ1n) is 12.3. The van der Waals surface area contributed by atoms with E-state index in [9.17, 15) is 14.1 Å². The Morgan fingerprint density at radius 2 is 1.90 bits per heavy atom. The molecule has 9 atom stereocenters. The van der Waals surface area contributed by atoms with Crippen molar-refractivity contribution in [1.29, 1.82) is 0 Å². The molecule has 9 unspecified atom stereocenters. The van der Waals surface area contributed by atoms with Crippen molar-refractivity contribution < 1.29 is 14.1 Å². The predicted molar refractivity (Wildman–Crippen MR) is 121 cm³/mol. The van der Waals surface area contributed by atoms with Crippen molar-refractivity contribution in [2.75, 3.05) is 6.26 Å². The zero-order chi connectivity index (χ0) is 22.0. The summed E-state index contributed by atoms with van der Waals surface area (Å²) in [5.41, 5.74) is -0.340. The van der Waals surface area contributed by atoms with E-state index in [-0.39, 0.29) is 11.3 Å². The third kappa shape index (κ3) is 3.76. The van der Waals surface area contributed by atoms with E-state index in [1.807, 2.05) is 6.92 Å². The Morgan fingerprint density at radius 3 is 2.65 bits per heavy atom. The molecule has 0 amide bonds. The number of carbonyl (C=O) groups is 1. The van der Waals surface area contributed by atoms with E-state index in [1.54, 1.807) is 23.3 Å². The Morgan fingerprint density at radius 1 is 1.13 bits per heavy atom. The largest absolute Gasteiger partial charge is 0.390 e. The Balaban J connectivity index is 1.29. The molecule has 0 bridgehead atoms. The molecule has 0 aliphatic heterocycles. The summed E-state index contributed by atoms with van der Waals surface area (Å²) in [6.07, 6.45) is 15.3. The minimum absolute atomic E-state index is 0.120. The quantitative estimate of drug-likeness (QED) is 0.752. The molecular formula is C25H38N2O3S. The molecule has 0 spiro atoms. The van der Waals surface area contributed by atoms with Gasteiger partial charge in [-0.1, -0.05) is 6.92 Å². The molecule has 1 aromatic heterocycles. The first-order valence-corrected chi connectivity index (χ1v) is 13.8. The average molecular weight is 447 g/mol. The van der Waals surface area contributed by atoms with Gasteiger partial charge in [0, 0.05) is 18.4 Å². The van der Waals surface area contributed by atoms with Gasteiger partial charge in [-0.05, 0) is 99.7 Å². The van der Waals surface area contributed by atoms with Crippen LogP contribution >= 0.6 is 0 Å². The molecule has 4 aliphatic carbocycles. The van der Waals surface area contributed by atoms with Crippen molar-refractivity contribution in [1.82, 2.24) is 9.78 Å². The van der Waals surface area contributed by atoms with Crippen molar-refractivity contribution in [2.45, 2.75) is 88.7 Å². The molecule has 31 heavy (non-hydrogen) atoms. The Hall–Kier alpha value is -1.01. The van der Waals surface area contributed by atoms with Crippen LogP contribution in [0.1, 0.15) is 71.6 Å². The van der Waals surface area contributed by atoms with Crippen LogP contribution < -0.4 is 0 Å². The van der Waals surface area contributed by atoms with Crippen molar-refractivity contribution in [3.8, 4) is 0 Å². The molecule has 172 valence electrons. The van der Waals surface area contributed by atoms with Gasteiger partial charge in [0.25, 0.3) is 0 Å². The van der Waals surface area contributed by atoms with Gasteiger partial charge in [0.2, 0.25) is 0 Å². The monoisotopic (exact) mass is 446 g/mol. The molecule has 4 aliphatic rings. The summed E-state index contributed by atoms with van der Waals surface area (Å²) < 4.78 is 13.3. The summed E-state index contributed by atoms with van der Waals surface area (Å²) in [4.78, 5) is 14.0. The maximum absolute atomic E-state index is 13.3. The fourth-order valence-electron chi connectivity index (χ4n) is 8.46. The van der Waals surface area contributed by atoms with Gasteiger partial charge in [0.1, 0.15) is 0 Å². The van der Waals surface area contributed by atoms with Gasteiger partial charge in [-0.3, -0.25) is 13.7 Å². The standard InChI is InChI=1S/C25H38N2O3S/c1-24(29)10-8-18-16(12-24)4-5-20-19(18)9-11-25(2)21(20)6-7-22(25)23(28)15-27-14-17(13-26-27)31(3)30/h13-14,16,18-22,29H,4-12,15H2,1-3H3. The minimum Gasteiger partial charge on any atom is -0.390 e. The first kappa shape index (κ1) is 21.8. The Bertz CT molecular complexity index is 880. The lowest BCUT2D eigenvalue weighted by Gasteiger charge is -2.56. The maximum atomic E-state index is 13.3. The number of rotatable bonds is 4. The Kier molecular flexibility index (Phi) is 5.48. The third-order valence-corrected chi connectivity index (χ3v) is 10.8. The molecule has 1 heterocycles. The van der Waals surface area contributed by atoms with Gasteiger partial charge in [-0.2, -0.15) is 5.10 Å². The van der Waals surface area contributed by atoms with E-state index < -0.39 is 16.4 Å². The zero-order valence-corrected chi connectivity index (χ0v) is 20.1. The van der Waals surface area contributed by atoms with E-state index in [0.717, 1.165) is 43.4 Å². The summed E-state index contributed by atoms with van der Waals surface area (Å²) in [5, 5.41) is 14.9. The molecule has 0 aromatic carbocycles. The summed E-state index contributed by atoms with van der Waals surface area (Å²) in [6.45, 7) is 4.73. The van der Waals surface area contributed by atoms with Crippen LogP contribution in [0.2, 0.25) is 0 Å². The minimum atomic E-state index is -1.06. The van der Waals surface area contributed by atoms with Gasteiger partial charge in [0.15, 0.2) is 5.78 Å². The van der Waals surface area contributed by atoms with Crippen molar-refractivity contribution in [2.24, 2.45) is 40.9 Å². The number of aliphatic hydroxyl groups is 1. The van der Waals surface area contributed by atoms with Crippen molar-refractivity contribution in [3.63, 3.8) is 0 Å². The highest BCUT2D eigenvalue weighted by molar-refractivity contribution is 7.84. The smallest absolute Gasteiger partial charge is 0.157 e. The summed E-state index contributed by atoms with van der Waals surface area (Å²) >= 11 is 0. The lowest BCUT2D eigenvalue weighted by molar-refractivity contribution is -0.133. The number of carbonyl (C=O) groups excluding carboxylic acids is 1. The SMILES string of the molecule is CS(=O)c1cnn(CC(=O)C2CCC3C4CCC5CC(C)(O)CCC5C4CCC23C)c1. The highest BCUT2D eigenvalue weighted by Gasteiger charge is 2.58. The number of nitrogens with zero attached hydrogens (tertiary/aromatic N) is 2. The fraction of sp³-hybridized carbons (Fsp3) is 0.840. The lowest BCUT2D eigenvalue weighted by atomic mass is 9.49. The zero-order valence-electron chi connectivity index (χ0n) is 19.3. The second-order valence-corrected chi connectivity index (χ2v) is 13.0. The average Bonchev–Trinajstić information content (AvgIpc) is 3.31. The van der Waals surface area contributed by atoms with E-state index in [1.165, 1.54) is 32.1 Å². The van der Waals surface area contributed by atoms with Crippen LogP contribution in [-0.2, 0) is 22.1 Å². The molecule has 6 heteroatoms. The molecular weight excluding hydrogens is 408 g/mol. The van der Waals surface area contributed by atoms with Crippen molar-refractivity contribution in [3.05, 3.63) is 12.4 Å². The second-order valence-electron chi connectivity index (χ2n) is 11.6. The van der Waals surface area contributed by atoms with Gasteiger partial charge < -0.3 is 5.11 Å². The number of aromatic nitrogens is 2. The summed E-state index contributed by atoms with van der Waals surface area (Å²) in [6, 6.07) is 0. The van der Waals surface area contributed by atoms with E-state index in [4.69, 9.17) is 0 Å². The van der Waals surface area contributed by atoms with Crippen LogP contribution in [0.3, 0.4) is 0 Å². The van der Waals surface area contributed by atoms with E-state index in [2.05, 4.69) is 12.0 Å². The number of hydrogen-bond acceptors (Lipinski definition) is 4. The number of hydrogen-bond donors (Lipinski definition) is 1. The summed E-state index contributed by atoms with van der Waals surface area (Å²) in [7, 11) is -1.06. The number of Topliss-reactive ketones (excluding diaryl/α,β-unsaturated/α-hetero) is 1. The first-order chi connectivity index (χ1) is 14.7.